The summed E-state index contributed by atoms with van der Waals surface area (Å²) in [6.45, 7) is -0.736. The zero-order valence-corrected chi connectivity index (χ0v) is 22.8. The van der Waals surface area contributed by atoms with Gasteiger partial charge in [0.15, 0.2) is 11.5 Å². The van der Waals surface area contributed by atoms with Crippen molar-refractivity contribution in [3.63, 3.8) is 0 Å². The van der Waals surface area contributed by atoms with Gasteiger partial charge >= 0.3 is 11.4 Å². The molecule has 0 aromatic heterocycles. The Morgan fingerprint density at radius 2 is 1.05 bits per heavy atom. The molecule has 1 saturated carbocycles. The maximum absolute atomic E-state index is 11.0. The van der Waals surface area contributed by atoms with E-state index in [0.29, 0.717) is 24.3 Å². The SMILES string of the molecule is O=[N+]([O-])c1ccc(Oc2ccc(C3(c4ccc(Oc5ccc([N+](=O)[O-])c(O)c5)cc4)C4CC5CC3OC(O5)O4)cc2)cc1O. The monoisotopic (exact) mass is 600 g/mol. The Morgan fingerprint density at radius 3 is 1.41 bits per heavy atom. The standard InChI is InChI=1S/C31H24N2O11/c34-26-13-21(9-11-24(26)32(36)37)40-19-5-1-17(2-6-19)31(28-15-23-16-29(31)44-30(42-23)43-28)18-3-7-20(8-4-18)41-22-10-12-25(33(38)39)27(35)14-22/h1-14,23,28-30,34-35H,15-16H2. The predicted molar refractivity (Wildman–Crippen MR) is 151 cm³/mol. The molecule has 4 aromatic rings. The summed E-state index contributed by atoms with van der Waals surface area (Å²) in [6, 6.07) is 22.3. The Labute approximate surface area is 249 Å². The molecular weight excluding hydrogens is 576 g/mol. The molecule has 4 aliphatic rings. The van der Waals surface area contributed by atoms with Crippen LogP contribution >= 0.6 is 0 Å². The van der Waals surface area contributed by atoms with Crippen LogP contribution in [0.25, 0.3) is 0 Å². The first-order valence-corrected chi connectivity index (χ1v) is 13.7. The molecule has 0 radical (unpaired) electrons. The lowest BCUT2D eigenvalue weighted by molar-refractivity contribution is -0.440. The highest BCUT2D eigenvalue weighted by Gasteiger charge is 2.62. The molecule has 2 N–H and O–H groups in total. The lowest BCUT2D eigenvalue weighted by Crippen LogP contribution is -2.68. The van der Waals surface area contributed by atoms with Crippen molar-refractivity contribution in [3.8, 4) is 34.5 Å². The Morgan fingerprint density at radius 1 is 0.636 bits per heavy atom. The van der Waals surface area contributed by atoms with Crippen molar-refractivity contribution < 1.29 is 43.7 Å². The number of nitrogens with zero attached hydrogens (tertiary/aromatic N) is 2. The Balaban J connectivity index is 1.19. The van der Waals surface area contributed by atoms with Crippen LogP contribution in [0.1, 0.15) is 24.0 Å². The Kier molecular flexibility index (Phi) is 6.57. The zero-order valence-electron chi connectivity index (χ0n) is 22.8. The molecule has 4 bridgehead atoms. The van der Waals surface area contributed by atoms with Gasteiger partial charge in [-0.2, -0.15) is 0 Å². The zero-order chi connectivity index (χ0) is 30.6. The molecule has 13 nitrogen and oxygen atoms in total. The smallest absolute Gasteiger partial charge is 0.310 e. The summed E-state index contributed by atoms with van der Waals surface area (Å²) < 4.78 is 30.0. The van der Waals surface area contributed by atoms with Crippen LogP contribution in [-0.4, -0.2) is 44.8 Å². The van der Waals surface area contributed by atoms with E-state index < -0.39 is 44.6 Å². The fraction of sp³-hybridized carbons (Fsp3) is 0.226. The van der Waals surface area contributed by atoms with Gasteiger partial charge in [-0.1, -0.05) is 24.3 Å². The maximum Gasteiger partial charge on any atom is 0.310 e. The van der Waals surface area contributed by atoms with E-state index >= 15 is 0 Å². The van der Waals surface area contributed by atoms with Crippen LogP contribution in [0.5, 0.6) is 34.5 Å². The van der Waals surface area contributed by atoms with Crippen LogP contribution in [0.3, 0.4) is 0 Å². The van der Waals surface area contributed by atoms with Crippen molar-refractivity contribution in [2.45, 2.75) is 43.0 Å². The highest BCUT2D eigenvalue weighted by molar-refractivity contribution is 5.53. The minimum Gasteiger partial charge on any atom is -0.502 e. The second kappa shape index (κ2) is 10.5. The first-order chi connectivity index (χ1) is 21.2. The summed E-state index contributed by atoms with van der Waals surface area (Å²) in [6.07, 6.45) is 0.833. The van der Waals surface area contributed by atoms with Crippen LogP contribution in [0.4, 0.5) is 11.4 Å². The van der Waals surface area contributed by atoms with Gasteiger partial charge in [-0.25, -0.2) is 0 Å². The van der Waals surface area contributed by atoms with E-state index in [0.717, 1.165) is 11.1 Å². The van der Waals surface area contributed by atoms with E-state index in [2.05, 4.69) is 0 Å². The van der Waals surface area contributed by atoms with Gasteiger partial charge in [0, 0.05) is 37.1 Å². The van der Waals surface area contributed by atoms with Gasteiger partial charge in [0.1, 0.15) is 23.0 Å². The van der Waals surface area contributed by atoms with Crippen molar-refractivity contribution in [3.05, 3.63) is 116 Å². The molecule has 4 aromatic carbocycles. The summed E-state index contributed by atoms with van der Waals surface area (Å²) in [5.74, 6) is 0.413. The third kappa shape index (κ3) is 4.63. The highest BCUT2D eigenvalue weighted by Crippen LogP contribution is 2.55. The molecule has 0 spiro atoms. The molecular formula is C31H24N2O11. The Bertz CT molecular complexity index is 1620. The van der Waals surface area contributed by atoms with Crippen LogP contribution in [0.15, 0.2) is 84.9 Å². The molecule has 0 amide bonds. The van der Waals surface area contributed by atoms with Crippen LogP contribution < -0.4 is 9.47 Å². The normalized spacial score (nSPS) is 22.8. The van der Waals surface area contributed by atoms with Crippen molar-refractivity contribution in [2.24, 2.45) is 0 Å². The van der Waals surface area contributed by atoms with Gasteiger partial charge in [0.05, 0.1) is 33.6 Å². The largest absolute Gasteiger partial charge is 0.502 e. The fourth-order valence-corrected chi connectivity index (χ4v) is 6.33. The summed E-state index contributed by atoms with van der Waals surface area (Å²) in [7, 11) is 0. The molecule has 1 aliphatic carbocycles. The number of aromatic hydroxyl groups is 2. The van der Waals surface area contributed by atoms with Gasteiger partial charge in [-0.05, 0) is 47.5 Å². The predicted octanol–water partition coefficient (Wildman–Crippen LogP) is 6.05. The van der Waals surface area contributed by atoms with E-state index in [1.807, 2.05) is 24.3 Å². The molecule has 4 fully saturated rings. The number of ether oxygens (including phenoxy) is 5. The Hall–Kier alpha value is -5.24. The molecule has 3 heterocycles. The molecule has 2 unspecified atom stereocenters. The lowest BCUT2D eigenvalue weighted by Gasteiger charge is -2.60. The third-order valence-electron chi connectivity index (χ3n) is 8.25. The van der Waals surface area contributed by atoms with Crippen molar-refractivity contribution in [1.82, 2.24) is 0 Å². The number of hydrogen-bond donors (Lipinski definition) is 2. The van der Waals surface area contributed by atoms with Crippen molar-refractivity contribution in [1.29, 1.82) is 0 Å². The molecule has 3 aliphatic heterocycles. The average Bonchev–Trinajstić information content (AvgIpc) is 2.98. The molecule has 3 saturated heterocycles. The number of phenols is 2. The molecule has 2 atom stereocenters. The third-order valence-corrected chi connectivity index (χ3v) is 8.25. The van der Waals surface area contributed by atoms with E-state index in [9.17, 15) is 30.4 Å². The van der Waals surface area contributed by atoms with E-state index in [-0.39, 0.29) is 29.8 Å². The molecule has 224 valence electrons. The van der Waals surface area contributed by atoms with Crippen molar-refractivity contribution in [2.75, 3.05) is 0 Å². The second-order valence-corrected chi connectivity index (χ2v) is 10.7. The van der Waals surface area contributed by atoms with Gasteiger partial charge in [-0.3, -0.25) is 20.2 Å². The maximum atomic E-state index is 11.0. The first-order valence-electron chi connectivity index (χ1n) is 13.7. The summed E-state index contributed by atoms with van der Waals surface area (Å²) in [4.78, 5) is 20.7. The first kappa shape index (κ1) is 27.6. The van der Waals surface area contributed by atoms with Crippen molar-refractivity contribution >= 4 is 11.4 Å². The number of nitro groups is 2. The number of benzene rings is 4. The average molecular weight is 601 g/mol. The fourth-order valence-electron chi connectivity index (χ4n) is 6.33. The number of hydrogen-bond acceptors (Lipinski definition) is 11. The highest BCUT2D eigenvalue weighted by atomic mass is 16.9. The van der Waals surface area contributed by atoms with E-state index in [1.54, 1.807) is 24.3 Å². The van der Waals surface area contributed by atoms with Crippen LogP contribution in [0, 0.1) is 20.2 Å². The summed E-state index contributed by atoms with van der Waals surface area (Å²) in [5.41, 5.74) is 0.300. The van der Waals surface area contributed by atoms with Crippen LogP contribution in [-0.2, 0) is 19.6 Å². The number of phenolic OH excluding ortho intramolecular Hbond substituents is 2. The summed E-state index contributed by atoms with van der Waals surface area (Å²) >= 11 is 0. The number of nitro benzene ring substituents is 2. The molecule has 44 heavy (non-hydrogen) atoms. The molecule has 13 heteroatoms. The van der Waals surface area contributed by atoms with Crippen LogP contribution in [0.2, 0.25) is 0 Å². The van der Waals surface area contributed by atoms with Gasteiger partial charge in [0.2, 0.25) is 0 Å². The topological polar surface area (TPSA) is 173 Å². The minimum atomic E-state index is -0.736. The van der Waals surface area contributed by atoms with Gasteiger partial charge in [-0.15, -0.1) is 0 Å². The summed E-state index contributed by atoms with van der Waals surface area (Å²) in [5, 5.41) is 42.0. The molecule has 8 rings (SSSR count). The van der Waals surface area contributed by atoms with Gasteiger partial charge < -0.3 is 33.9 Å². The van der Waals surface area contributed by atoms with E-state index in [1.165, 1.54) is 36.4 Å². The quantitative estimate of drug-likeness (QED) is 0.178. The van der Waals surface area contributed by atoms with Gasteiger partial charge in [0.25, 0.3) is 6.48 Å². The second-order valence-electron chi connectivity index (χ2n) is 10.7. The minimum absolute atomic E-state index is 0.0143. The number of rotatable bonds is 8. The lowest BCUT2D eigenvalue weighted by atomic mass is 9.60. The van der Waals surface area contributed by atoms with E-state index in [4.69, 9.17) is 23.7 Å².